The van der Waals surface area contributed by atoms with Gasteiger partial charge in [0.2, 0.25) is 5.91 Å². The maximum atomic E-state index is 11.5. The number of hydrogen-bond donors (Lipinski definition) is 3. The number of aliphatic hydroxyl groups is 1. The quantitative estimate of drug-likeness (QED) is 0.402. The molecule has 110 valence electrons. The summed E-state index contributed by atoms with van der Waals surface area (Å²) >= 11 is 0. The lowest BCUT2D eigenvalue weighted by Crippen LogP contribution is -2.46. The van der Waals surface area contributed by atoms with Gasteiger partial charge in [-0.3, -0.25) is 9.59 Å². The van der Waals surface area contributed by atoms with E-state index in [1.807, 2.05) is 6.92 Å². The molecular formula is C13H23NO5. The number of rotatable bonds is 10. The molecule has 0 spiro atoms. The predicted molar refractivity (Wildman–Crippen MR) is 69.6 cm³/mol. The van der Waals surface area contributed by atoms with Crippen LogP contribution in [0.25, 0.3) is 0 Å². The molecule has 1 amide bonds. The van der Waals surface area contributed by atoms with Gasteiger partial charge in [0, 0.05) is 18.9 Å². The molecule has 0 aromatic rings. The lowest BCUT2D eigenvalue weighted by molar-refractivity contribution is -0.144. The Bertz CT molecular complexity index is 316. The van der Waals surface area contributed by atoms with Crippen molar-refractivity contribution in [1.29, 1.82) is 0 Å². The summed E-state index contributed by atoms with van der Waals surface area (Å²) in [5.41, 5.74) is 0. The number of carbonyl (C=O) groups excluding carboxylic acids is 2. The highest BCUT2D eigenvalue weighted by Crippen LogP contribution is 2.05. The molecule has 0 aliphatic rings. The van der Waals surface area contributed by atoms with E-state index in [2.05, 4.69) is 5.32 Å². The zero-order valence-electron chi connectivity index (χ0n) is 11.5. The molecule has 0 aliphatic carbocycles. The van der Waals surface area contributed by atoms with Crippen molar-refractivity contribution in [2.45, 2.75) is 52.0 Å². The third-order valence-electron chi connectivity index (χ3n) is 2.86. The highest BCUT2D eigenvalue weighted by atomic mass is 16.4. The molecule has 0 bridgehead atoms. The third-order valence-corrected chi connectivity index (χ3v) is 2.86. The molecule has 6 heteroatoms. The first kappa shape index (κ1) is 17.6. The second kappa shape index (κ2) is 9.49. The topological polar surface area (TPSA) is 104 Å². The van der Waals surface area contributed by atoms with Gasteiger partial charge >= 0.3 is 5.97 Å². The van der Waals surface area contributed by atoms with Crippen LogP contribution in [0.5, 0.6) is 0 Å². The number of aliphatic hydroxyl groups excluding tert-OH is 1. The lowest BCUT2D eigenvalue weighted by atomic mass is 10.0. The van der Waals surface area contributed by atoms with E-state index in [-0.39, 0.29) is 18.8 Å². The minimum Gasteiger partial charge on any atom is -0.480 e. The van der Waals surface area contributed by atoms with E-state index in [4.69, 9.17) is 10.2 Å². The molecule has 0 aliphatic heterocycles. The summed E-state index contributed by atoms with van der Waals surface area (Å²) < 4.78 is 0. The van der Waals surface area contributed by atoms with Crippen LogP contribution in [0.3, 0.4) is 0 Å². The van der Waals surface area contributed by atoms with Crippen molar-refractivity contribution in [3.8, 4) is 0 Å². The number of ketones is 1. The highest BCUT2D eigenvalue weighted by molar-refractivity contribution is 5.99. The smallest absolute Gasteiger partial charge is 0.326 e. The van der Waals surface area contributed by atoms with E-state index in [0.717, 1.165) is 19.3 Å². The van der Waals surface area contributed by atoms with Gasteiger partial charge in [0.1, 0.15) is 11.8 Å². The van der Waals surface area contributed by atoms with Crippen molar-refractivity contribution in [3.05, 3.63) is 0 Å². The summed E-state index contributed by atoms with van der Waals surface area (Å²) in [5.74, 6) is -2.61. The first-order valence-electron chi connectivity index (χ1n) is 6.57. The van der Waals surface area contributed by atoms with Crippen molar-refractivity contribution in [2.24, 2.45) is 5.92 Å². The number of aliphatic carboxylic acids is 1. The molecule has 0 aromatic heterocycles. The van der Waals surface area contributed by atoms with Gasteiger partial charge in [-0.25, -0.2) is 4.79 Å². The van der Waals surface area contributed by atoms with Crippen molar-refractivity contribution in [2.75, 3.05) is 6.61 Å². The predicted octanol–water partition coefficient (Wildman–Crippen LogP) is 0.724. The van der Waals surface area contributed by atoms with Gasteiger partial charge in [-0.1, -0.05) is 26.7 Å². The fraction of sp³-hybridized carbons (Fsp3) is 0.769. The second-order valence-corrected chi connectivity index (χ2v) is 4.72. The fourth-order valence-electron chi connectivity index (χ4n) is 1.62. The molecule has 0 fully saturated rings. The minimum atomic E-state index is -1.21. The summed E-state index contributed by atoms with van der Waals surface area (Å²) in [4.78, 5) is 33.9. The number of carboxylic acids is 1. The Morgan fingerprint density at radius 3 is 2.32 bits per heavy atom. The van der Waals surface area contributed by atoms with Crippen molar-refractivity contribution in [1.82, 2.24) is 5.32 Å². The molecule has 19 heavy (non-hydrogen) atoms. The van der Waals surface area contributed by atoms with Crippen molar-refractivity contribution < 1.29 is 24.6 Å². The number of nitrogens with one attached hydrogen (secondary N) is 1. The van der Waals surface area contributed by atoms with E-state index < -0.39 is 23.8 Å². The number of unbranched alkanes of at least 4 members (excludes halogenated alkanes) is 2. The Morgan fingerprint density at radius 1 is 1.21 bits per heavy atom. The first-order valence-corrected chi connectivity index (χ1v) is 6.57. The van der Waals surface area contributed by atoms with Gasteiger partial charge < -0.3 is 15.5 Å². The van der Waals surface area contributed by atoms with Crippen LogP contribution in [0.4, 0.5) is 0 Å². The maximum absolute atomic E-state index is 11.5. The molecule has 0 rings (SSSR count). The Labute approximate surface area is 113 Å². The van der Waals surface area contributed by atoms with Crippen LogP contribution in [0.1, 0.15) is 46.0 Å². The van der Waals surface area contributed by atoms with E-state index in [0.29, 0.717) is 6.42 Å². The molecule has 0 aromatic carbocycles. The molecule has 6 nitrogen and oxygen atoms in total. The number of hydrogen-bond acceptors (Lipinski definition) is 4. The summed E-state index contributed by atoms with van der Waals surface area (Å²) in [6.07, 6.45) is 2.72. The molecule has 3 N–H and O–H groups in total. The lowest BCUT2D eigenvalue weighted by Gasteiger charge is -2.19. The maximum Gasteiger partial charge on any atom is 0.326 e. The summed E-state index contributed by atoms with van der Waals surface area (Å²) in [7, 11) is 0. The average Bonchev–Trinajstić information content (AvgIpc) is 2.35. The van der Waals surface area contributed by atoms with Crippen LogP contribution in [-0.2, 0) is 14.4 Å². The van der Waals surface area contributed by atoms with Crippen LogP contribution in [0.2, 0.25) is 0 Å². The Morgan fingerprint density at radius 2 is 1.84 bits per heavy atom. The second-order valence-electron chi connectivity index (χ2n) is 4.72. The number of carboxylic acid groups (broad SMARTS) is 1. The number of carbonyl (C=O) groups is 3. The van der Waals surface area contributed by atoms with Crippen LogP contribution in [-0.4, -0.2) is 40.5 Å². The summed E-state index contributed by atoms with van der Waals surface area (Å²) in [6, 6.07) is -1.17. The van der Waals surface area contributed by atoms with Gasteiger partial charge in [-0.2, -0.15) is 0 Å². The van der Waals surface area contributed by atoms with E-state index >= 15 is 0 Å². The van der Waals surface area contributed by atoms with Gasteiger partial charge in [0.15, 0.2) is 0 Å². The van der Waals surface area contributed by atoms with Crippen LogP contribution in [0, 0.1) is 5.92 Å². The Hall–Kier alpha value is -1.43. The fourth-order valence-corrected chi connectivity index (χ4v) is 1.62. The SMILES string of the molecule is CCCCCC(=O)CC(=O)N[C@H](C(=O)O)[C@H](C)CO. The largest absolute Gasteiger partial charge is 0.480 e. The van der Waals surface area contributed by atoms with Gasteiger partial charge in [-0.15, -0.1) is 0 Å². The van der Waals surface area contributed by atoms with E-state index in [1.165, 1.54) is 6.92 Å². The van der Waals surface area contributed by atoms with Crippen molar-refractivity contribution >= 4 is 17.7 Å². The monoisotopic (exact) mass is 273 g/mol. The molecule has 0 saturated carbocycles. The Kier molecular flexibility index (Phi) is 8.78. The third kappa shape index (κ3) is 7.56. The van der Waals surface area contributed by atoms with Gasteiger partial charge in [0.25, 0.3) is 0 Å². The average molecular weight is 273 g/mol. The number of Topliss-reactive ketones (excluding diaryl/α,β-unsaturated/α-hetero) is 1. The molecule has 0 radical (unpaired) electrons. The standard InChI is InChI=1S/C13H23NO5/c1-3-4-5-6-10(16)7-11(17)14-12(13(18)19)9(2)8-15/h9,12,15H,3-8H2,1-2H3,(H,14,17)(H,18,19)/t9-,12+/m1/s1. The Balaban J connectivity index is 4.19. The van der Waals surface area contributed by atoms with Crippen molar-refractivity contribution in [3.63, 3.8) is 0 Å². The van der Waals surface area contributed by atoms with Crippen LogP contribution in [0.15, 0.2) is 0 Å². The molecule has 2 atom stereocenters. The summed E-state index contributed by atoms with van der Waals surface area (Å²) in [5, 5.41) is 20.1. The van der Waals surface area contributed by atoms with E-state index in [9.17, 15) is 14.4 Å². The zero-order chi connectivity index (χ0) is 14.8. The molecular weight excluding hydrogens is 250 g/mol. The zero-order valence-corrected chi connectivity index (χ0v) is 11.5. The summed E-state index contributed by atoms with van der Waals surface area (Å²) in [6.45, 7) is 3.19. The number of amides is 1. The first-order chi connectivity index (χ1) is 8.92. The van der Waals surface area contributed by atoms with Crippen LogP contribution >= 0.6 is 0 Å². The highest BCUT2D eigenvalue weighted by Gasteiger charge is 2.26. The van der Waals surface area contributed by atoms with E-state index in [1.54, 1.807) is 0 Å². The normalized spacial score (nSPS) is 13.6. The van der Waals surface area contributed by atoms with Gasteiger partial charge in [0.05, 0.1) is 6.42 Å². The molecule has 0 saturated heterocycles. The van der Waals surface area contributed by atoms with Gasteiger partial charge in [-0.05, 0) is 6.42 Å². The molecule has 0 unspecified atom stereocenters. The van der Waals surface area contributed by atoms with Crippen LogP contribution < -0.4 is 5.32 Å². The molecule has 0 heterocycles. The minimum absolute atomic E-state index is 0.188.